The summed E-state index contributed by atoms with van der Waals surface area (Å²) in [5, 5.41) is 10.2. The van der Waals surface area contributed by atoms with Gasteiger partial charge in [0.15, 0.2) is 0 Å². The first-order valence-corrected chi connectivity index (χ1v) is 7.13. The molecule has 19 heavy (non-hydrogen) atoms. The lowest BCUT2D eigenvalue weighted by Crippen LogP contribution is -2.35. The summed E-state index contributed by atoms with van der Waals surface area (Å²) < 4.78 is 0. The maximum Gasteiger partial charge on any atom is 0.119 e. The number of aryl methyl sites for hydroxylation is 1. The van der Waals surface area contributed by atoms with Gasteiger partial charge < -0.3 is 5.11 Å². The van der Waals surface area contributed by atoms with E-state index in [1.54, 1.807) is 0 Å². The molecule has 1 heteroatoms. The zero-order valence-electron chi connectivity index (χ0n) is 14.1. The molecule has 1 N–H and O–H groups in total. The maximum atomic E-state index is 10.2. The molecule has 1 rings (SSSR count). The van der Waals surface area contributed by atoms with Crippen LogP contribution in [0.25, 0.3) is 0 Å². The van der Waals surface area contributed by atoms with Crippen molar-refractivity contribution in [2.45, 2.75) is 73.1 Å². The smallest absolute Gasteiger partial charge is 0.119 e. The molecule has 1 nitrogen and oxygen atoms in total. The molecular formula is C18H30O. The van der Waals surface area contributed by atoms with Gasteiger partial charge in [-0.3, -0.25) is 0 Å². The van der Waals surface area contributed by atoms with Crippen molar-refractivity contribution in [1.29, 1.82) is 0 Å². The number of aromatic hydroxyl groups is 1. The van der Waals surface area contributed by atoms with Crippen molar-refractivity contribution in [2.75, 3.05) is 0 Å². The molecule has 0 saturated carbocycles. The van der Waals surface area contributed by atoms with E-state index in [1.807, 2.05) is 6.07 Å². The molecule has 108 valence electrons. The molecule has 0 radical (unpaired) electrons. The molecule has 1 aromatic carbocycles. The first-order valence-electron chi connectivity index (χ1n) is 7.13. The molecule has 0 spiro atoms. The Morgan fingerprint density at radius 2 is 1.26 bits per heavy atom. The molecule has 0 aliphatic carbocycles. The third-order valence-corrected chi connectivity index (χ3v) is 4.70. The molecule has 0 amide bonds. The van der Waals surface area contributed by atoms with Gasteiger partial charge in [0, 0.05) is 0 Å². The highest BCUT2D eigenvalue weighted by Crippen LogP contribution is 2.44. The summed E-state index contributed by atoms with van der Waals surface area (Å²) in [7, 11) is 0. The molecule has 0 aliphatic heterocycles. The van der Waals surface area contributed by atoms with E-state index in [0.717, 1.165) is 5.56 Å². The zero-order valence-corrected chi connectivity index (χ0v) is 14.1. The quantitative estimate of drug-likeness (QED) is 0.726. The second-order valence-electron chi connectivity index (χ2n) is 8.31. The summed E-state index contributed by atoms with van der Waals surface area (Å²) in [6.45, 7) is 19.9. The Balaban J connectivity index is 3.55. The monoisotopic (exact) mass is 262 g/mol. The van der Waals surface area contributed by atoms with Gasteiger partial charge >= 0.3 is 0 Å². The van der Waals surface area contributed by atoms with Crippen LogP contribution in [0.15, 0.2) is 12.1 Å². The van der Waals surface area contributed by atoms with Crippen LogP contribution in [0.2, 0.25) is 0 Å². The number of phenolic OH excluding ortho intramolecular Hbond substituents is 1. The Kier molecular flexibility index (Phi) is 3.84. The molecule has 1 aromatic rings. The lowest BCUT2D eigenvalue weighted by Gasteiger charge is -2.41. The van der Waals surface area contributed by atoms with Gasteiger partial charge in [-0.2, -0.15) is 0 Å². The number of phenols is 1. The van der Waals surface area contributed by atoms with E-state index in [2.05, 4.69) is 68.4 Å². The first kappa shape index (κ1) is 16.1. The summed E-state index contributed by atoms with van der Waals surface area (Å²) in [5.41, 5.74) is 3.73. The van der Waals surface area contributed by atoms with Gasteiger partial charge in [-0.15, -0.1) is 0 Å². The lowest BCUT2D eigenvalue weighted by atomic mass is 9.63. The standard InChI is InChI=1S/C18H30O/c1-12-10-15(19)14(16(2,3)4)11-13(12)18(8,9)17(5,6)7/h10-11,19H,1-9H3. The van der Waals surface area contributed by atoms with Crippen LogP contribution in [0.1, 0.15) is 72.1 Å². The predicted octanol–water partition coefficient (Wildman–Crippen LogP) is 5.32. The summed E-state index contributed by atoms with van der Waals surface area (Å²) >= 11 is 0. The molecule has 0 unspecified atom stereocenters. The summed E-state index contributed by atoms with van der Waals surface area (Å²) in [5.74, 6) is 0.415. The van der Waals surface area contributed by atoms with E-state index in [0.29, 0.717) is 5.75 Å². The van der Waals surface area contributed by atoms with Crippen molar-refractivity contribution in [1.82, 2.24) is 0 Å². The summed E-state index contributed by atoms with van der Waals surface area (Å²) in [6.07, 6.45) is 0. The molecule has 0 aromatic heterocycles. The van der Waals surface area contributed by atoms with Gasteiger partial charge in [-0.25, -0.2) is 0 Å². The van der Waals surface area contributed by atoms with Crippen LogP contribution in [0, 0.1) is 12.3 Å². The van der Waals surface area contributed by atoms with Gasteiger partial charge in [0.1, 0.15) is 5.75 Å². The summed E-state index contributed by atoms with van der Waals surface area (Å²) in [4.78, 5) is 0. The van der Waals surface area contributed by atoms with Crippen molar-refractivity contribution >= 4 is 0 Å². The minimum atomic E-state index is -0.0412. The molecular weight excluding hydrogens is 232 g/mol. The van der Waals surface area contributed by atoms with Crippen molar-refractivity contribution < 1.29 is 5.11 Å². The average molecular weight is 262 g/mol. The maximum absolute atomic E-state index is 10.2. The van der Waals surface area contributed by atoms with Gasteiger partial charge in [-0.05, 0) is 45.9 Å². The minimum Gasteiger partial charge on any atom is -0.508 e. The SMILES string of the molecule is Cc1cc(O)c(C(C)(C)C)cc1C(C)(C)C(C)(C)C. The van der Waals surface area contributed by atoms with Gasteiger partial charge in [-0.1, -0.05) is 61.5 Å². The normalized spacial score (nSPS) is 13.7. The molecule has 0 fully saturated rings. The molecule has 0 saturated heterocycles. The molecule has 0 aliphatic rings. The van der Waals surface area contributed by atoms with Gasteiger partial charge in [0.05, 0.1) is 0 Å². The minimum absolute atomic E-state index is 0.0412. The van der Waals surface area contributed by atoms with Gasteiger partial charge in [0.2, 0.25) is 0 Å². The highest BCUT2D eigenvalue weighted by atomic mass is 16.3. The summed E-state index contributed by atoms with van der Waals surface area (Å²) in [6, 6.07) is 4.12. The van der Waals surface area contributed by atoms with Crippen LogP contribution in [0.5, 0.6) is 5.75 Å². The second kappa shape index (κ2) is 4.54. The highest BCUT2D eigenvalue weighted by molar-refractivity contribution is 5.47. The highest BCUT2D eigenvalue weighted by Gasteiger charge is 2.36. The Bertz CT molecular complexity index is 468. The van der Waals surface area contributed by atoms with Crippen molar-refractivity contribution in [3.8, 4) is 5.75 Å². The van der Waals surface area contributed by atoms with Crippen molar-refractivity contribution in [3.63, 3.8) is 0 Å². The topological polar surface area (TPSA) is 20.2 Å². The third kappa shape index (κ3) is 2.96. The fraction of sp³-hybridized carbons (Fsp3) is 0.667. The van der Waals surface area contributed by atoms with Crippen LogP contribution in [0.3, 0.4) is 0 Å². The third-order valence-electron chi connectivity index (χ3n) is 4.70. The molecule has 0 heterocycles. The van der Waals surface area contributed by atoms with Crippen molar-refractivity contribution in [2.24, 2.45) is 5.41 Å². The number of benzene rings is 1. The van der Waals surface area contributed by atoms with Crippen molar-refractivity contribution in [3.05, 3.63) is 28.8 Å². The van der Waals surface area contributed by atoms with Crippen LogP contribution in [-0.4, -0.2) is 5.11 Å². The first-order chi connectivity index (χ1) is 8.28. The van der Waals surface area contributed by atoms with E-state index in [9.17, 15) is 5.11 Å². The van der Waals surface area contributed by atoms with E-state index in [-0.39, 0.29) is 16.2 Å². The Morgan fingerprint density at radius 1 is 0.789 bits per heavy atom. The molecule has 0 atom stereocenters. The van der Waals surface area contributed by atoms with Crippen LogP contribution < -0.4 is 0 Å². The van der Waals surface area contributed by atoms with E-state index < -0.39 is 0 Å². The Hall–Kier alpha value is -0.980. The van der Waals surface area contributed by atoms with Crippen LogP contribution in [-0.2, 0) is 10.8 Å². The number of hydrogen-bond acceptors (Lipinski definition) is 1. The van der Waals surface area contributed by atoms with Crippen LogP contribution >= 0.6 is 0 Å². The second-order valence-corrected chi connectivity index (χ2v) is 8.31. The zero-order chi connectivity index (χ0) is 15.2. The largest absolute Gasteiger partial charge is 0.508 e. The van der Waals surface area contributed by atoms with E-state index in [1.165, 1.54) is 11.1 Å². The fourth-order valence-electron chi connectivity index (χ4n) is 2.37. The van der Waals surface area contributed by atoms with Crippen LogP contribution in [0.4, 0.5) is 0 Å². The predicted molar refractivity (Wildman–Crippen MR) is 84.0 cm³/mol. The fourth-order valence-corrected chi connectivity index (χ4v) is 2.37. The number of rotatable bonds is 1. The van der Waals surface area contributed by atoms with E-state index >= 15 is 0 Å². The van der Waals surface area contributed by atoms with E-state index in [4.69, 9.17) is 0 Å². The number of hydrogen-bond donors (Lipinski definition) is 1. The van der Waals surface area contributed by atoms with Gasteiger partial charge in [0.25, 0.3) is 0 Å². The lowest BCUT2D eigenvalue weighted by molar-refractivity contribution is 0.224. The Morgan fingerprint density at radius 3 is 1.63 bits per heavy atom. The molecule has 0 bridgehead atoms. The average Bonchev–Trinajstić information content (AvgIpc) is 2.12. The Labute approximate surface area is 119 Å².